The van der Waals surface area contributed by atoms with E-state index in [1.165, 1.54) is 23.9 Å². The van der Waals surface area contributed by atoms with Gasteiger partial charge in [0.1, 0.15) is 5.82 Å². The van der Waals surface area contributed by atoms with Crippen molar-refractivity contribution in [3.63, 3.8) is 0 Å². The van der Waals surface area contributed by atoms with E-state index in [1.807, 2.05) is 18.2 Å². The van der Waals surface area contributed by atoms with Gasteiger partial charge < -0.3 is 5.73 Å². The van der Waals surface area contributed by atoms with Crippen LogP contribution in [0.2, 0.25) is 5.02 Å². The predicted molar refractivity (Wildman–Crippen MR) is 66.4 cm³/mol. The van der Waals surface area contributed by atoms with Crippen molar-refractivity contribution in [3.05, 3.63) is 53.3 Å². The summed E-state index contributed by atoms with van der Waals surface area (Å²) in [6, 6.07) is 11.8. The zero-order chi connectivity index (χ0) is 11.5. The minimum Gasteiger partial charge on any atom is -0.397 e. The Morgan fingerprint density at radius 2 is 1.88 bits per heavy atom. The normalized spacial score (nSPS) is 10.4. The maximum atomic E-state index is 13.0. The summed E-state index contributed by atoms with van der Waals surface area (Å²) in [6.07, 6.45) is 0. The molecular weight excluding hydrogens is 245 g/mol. The monoisotopic (exact) mass is 253 g/mol. The van der Waals surface area contributed by atoms with Crippen LogP contribution in [0.4, 0.5) is 10.1 Å². The first-order chi connectivity index (χ1) is 7.66. The van der Waals surface area contributed by atoms with Crippen molar-refractivity contribution in [2.45, 2.75) is 9.79 Å². The van der Waals surface area contributed by atoms with Crippen molar-refractivity contribution >= 4 is 29.1 Å². The molecule has 0 unspecified atom stereocenters. The average Bonchev–Trinajstić information content (AvgIpc) is 2.25. The number of halogens is 2. The van der Waals surface area contributed by atoms with E-state index in [0.717, 1.165) is 9.79 Å². The van der Waals surface area contributed by atoms with Gasteiger partial charge in [-0.3, -0.25) is 0 Å². The highest BCUT2D eigenvalue weighted by molar-refractivity contribution is 7.99. The van der Waals surface area contributed by atoms with E-state index in [-0.39, 0.29) is 5.82 Å². The molecule has 2 N–H and O–H groups in total. The molecule has 0 aliphatic carbocycles. The summed E-state index contributed by atoms with van der Waals surface area (Å²) in [5, 5.41) is 0.515. The van der Waals surface area contributed by atoms with Crippen LogP contribution in [0.5, 0.6) is 0 Å². The fourth-order valence-corrected chi connectivity index (χ4v) is 2.43. The Balaban J connectivity index is 2.31. The summed E-state index contributed by atoms with van der Waals surface area (Å²) < 4.78 is 13.0. The summed E-state index contributed by atoms with van der Waals surface area (Å²) in [6.45, 7) is 0. The second-order valence-corrected chi connectivity index (χ2v) is 4.73. The molecule has 2 aromatic carbocycles. The first-order valence-electron chi connectivity index (χ1n) is 4.64. The van der Waals surface area contributed by atoms with E-state index in [9.17, 15) is 4.39 Å². The number of nitrogen functional groups attached to an aromatic ring is 1. The topological polar surface area (TPSA) is 26.0 Å². The molecule has 2 aromatic rings. The van der Waals surface area contributed by atoms with Gasteiger partial charge in [-0.2, -0.15) is 0 Å². The molecule has 0 bridgehead atoms. The van der Waals surface area contributed by atoms with Gasteiger partial charge in [0, 0.05) is 9.79 Å². The van der Waals surface area contributed by atoms with Gasteiger partial charge in [-0.05, 0) is 30.3 Å². The van der Waals surface area contributed by atoms with E-state index in [0.29, 0.717) is 10.7 Å². The molecule has 0 fully saturated rings. The van der Waals surface area contributed by atoms with E-state index in [2.05, 4.69) is 0 Å². The summed E-state index contributed by atoms with van der Waals surface area (Å²) in [5.74, 6) is -0.259. The molecular formula is C12H9ClFNS. The third-order valence-corrected chi connectivity index (χ3v) is 3.43. The molecule has 0 aromatic heterocycles. The molecule has 0 aliphatic heterocycles. The van der Waals surface area contributed by atoms with Crippen LogP contribution in [0.3, 0.4) is 0 Å². The number of nitrogens with two attached hydrogens (primary N) is 1. The highest BCUT2D eigenvalue weighted by atomic mass is 35.5. The lowest BCUT2D eigenvalue weighted by Crippen LogP contribution is -1.89. The Hall–Kier alpha value is -1.19. The third-order valence-electron chi connectivity index (χ3n) is 2.04. The minimum atomic E-state index is -0.259. The van der Waals surface area contributed by atoms with Crippen LogP contribution in [-0.2, 0) is 0 Å². The first-order valence-corrected chi connectivity index (χ1v) is 5.83. The standard InChI is InChI=1S/C12H9ClFNS/c13-10-5-2-6-11(12(10)15)16-9-4-1-3-8(14)7-9/h1-7H,15H2. The third kappa shape index (κ3) is 2.49. The molecule has 0 saturated carbocycles. The lowest BCUT2D eigenvalue weighted by Gasteiger charge is -2.06. The molecule has 0 radical (unpaired) electrons. The lowest BCUT2D eigenvalue weighted by molar-refractivity contribution is 0.624. The van der Waals surface area contributed by atoms with Crippen LogP contribution in [0.25, 0.3) is 0 Å². The fourth-order valence-electron chi connectivity index (χ4n) is 1.26. The second kappa shape index (κ2) is 4.76. The summed E-state index contributed by atoms with van der Waals surface area (Å²) in [4.78, 5) is 1.63. The smallest absolute Gasteiger partial charge is 0.124 e. The van der Waals surface area contributed by atoms with Crippen LogP contribution < -0.4 is 5.73 Å². The van der Waals surface area contributed by atoms with Crippen LogP contribution in [0.1, 0.15) is 0 Å². The largest absolute Gasteiger partial charge is 0.397 e. The molecule has 2 rings (SSSR count). The van der Waals surface area contributed by atoms with E-state index < -0.39 is 0 Å². The van der Waals surface area contributed by atoms with Crippen LogP contribution in [0.15, 0.2) is 52.3 Å². The highest BCUT2D eigenvalue weighted by Crippen LogP contribution is 2.35. The number of benzene rings is 2. The molecule has 0 spiro atoms. The average molecular weight is 254 g/mol. The Bertz CT molecular complexity index is 516. The van der Waals surface area contributed by atoms with Gasteiger partial charge in [-0.15, -0.1) is 0 Å². The van der Waals surface area contributed by atoms with Crippen LogP contribution >= 0.6 is 23.4 Å². The number of rotatable bonds is 2. The Labute approximate surface area is 102 Å². The van der Waals surface area contributed by atoms with E-state index in [1.54, 1.807) is 12.1 Å². The van der Waals surface area contributed by atoms with E-state index >= 15 is 0 Å². The van der Waals surface area contributed by atoms with Crippen molar-refractivity contribution < 1.29 is 4.39 Å². The predicted octanol–water partition coefficient (Wildman–Crippen LogP) is 4.21. The fraction of sp³-hybridized carbons (Fsp3) is 0. The molecule has 4 heteroatoms. The number of hydrogen-bond acceptors (Lipinski definition) is 2. The van der Waals surface area contributed by atoms with Gasteiger partial charge >= 0.3 is 0 Å². The van der Waals surface area contributed by atoms with Crippen LogP contribution in [0, 0.1) is 5.82 Å². The molecule has 1 nitrogen and oxygen atoms in total. The SMILES string of the molecule is Nc1c(Cl)cccc1Sc1cccc(F)c1. The lowest BCUT2D eigenvalue weighted by atomic mass is 10.3. The summed E-state index contributed by atoms with van der Waals surface area (Å²) in [7, 11) is 0. The van der Waals surface area contributed by atoms with Gasteiger partial charge in [0.25, 0.3) is 0 Å². The number of anilines is 1. The molecule has 16 heavy (non-hydrogen) atoms. The molecule has 0 aliphatic rings. The second-order valence-electron chi connectivity index (χ2n) is 3.21. The Morgan fingerprint density at radius 1 is 1.12 bits per heavy atom. The summed E-state index contributed by atoms with van der Waals surface area (Å²) in [5.41, 5.74) is 6.35. The Kier molecular flexibility index (Phi) is 3.36. The molecule has 82 valence electrons. The highest BCUT2D eigenvalue weighted by Gasteiger charge is 2.05. The van der Waals surface area contributed by atoms with E-state index in [4.69, 9.17) is 17.3 Å². The van der Waals surface area contributed by atoms with Gasteiger partial charge in [-0.1, -0.05) is 35.5 Å². The summed E-state index contributed by atoms with van der Waals surface area (Å²) >= 11 is 7.29. The number of hydrogen-bond donors (Lipinski definition) is 1. The number of para-hydroxylation sites is 1. The maximum Gasteiger partial charge on any atom is 0.124 e. The molecule has 0 atom stereocenters. The van der Waals surface area contributed by atoms with Crippen molar-refractivity contribution in [2.75, 3.05) is 5.73 Å². The first kappa shape index (κ1) is 11.3. The minimum absolute atomic E-state index is 0.259. The zero-order valence-electron chi connectivity index (χ0n) is 8.28. The van der Waals surface area contributed by atoms with Crippen molar-refractivity contribution in [3.8, 4) is 0 Å². The van der Waals surface area contributed by atoms with Crippen molar-refractivity contribution in [1.82, 2.24) is 0 Å². The zero-order valence-corrected chi connectivity index (χ0v) is 9.86. The van der Waals surface area contributed by atoms with Crippen LogP contribution in [-0.4, -0.2) is 0 Å². The van der Waals surface area contributed by atoms with Gasteiger partial charge in [0.15, 0.2) is 0 Å². The van der Waals surface area contributed by atoms with Crippen molar-refractivity contribution in [2.24, 2.45) is 0 Å². The van der Waals surface area contributed by atoms with Gasteiger partial charge in [0.2, 0.25) is 0 Å². The quantitative estimate of drug-likeness (QED) is 0.812. The molecule has 0 heterocycles. The van der Waals surface area contributed by atoms with Gasteiger partial charge in [-0.25, -0.2) is 4.39 Å². The Morgan fingerprint density at radius 3 is 2.62 bits per heavy atom. The maximum absolute atomic E-state index is 13.0. The van der Waals surface area contributed by atoms with Crippen molar-refractivity contribution in [1.29, 1.82) is 0 Å². The van der Waals surface area contributed by atoms with Gasteiger partial charge in [0.05, 0.1) is 10.7 Å². The molecule has 0 saturated heterocycles. The molecule has 0 amide bonds.